The maximum atomic E-state index is 12.3. The summed E-state index contributed by atoms with van der Waals surface area (Å²) in [4.78, 5) is 13.1. The van der Waals surface area contributed by atoms with Gasteiger partial charge in [-0.05, 0) is 23.9 Å². The van der Waals surface area contributed by atoms with Crippen LogP contribution in [0.1, 0.15) is 74.7 Å². The van der Waals surface area contributed by atoms with Crippen molar-refractivity contribution in [1.82, 2.24) is 9.59 Å². The molecule has 0 aliphatic carbocycles. The van der Waals surface area contributed by atoms with Gasteiger partial charge < -0.3 is 0 Å². The summed E-state index contributed by atoms with van der Waals surface area (Å²) in [7, 11) is 0. The van der Waals surface area contributed by atoms with Crippen LogP contribution in [0.2, 0.25) is 0 Å². The molecule has 1 unspecified atom stereocenters. The Morgan fingerprint density at radius 3 is 2.67 bits per heavy atom. The average Bonchev–Trinajstić information content (AvgIpc) is 2.83. The van der Waals surface area contributed by atoms with E-state index in [1.54, 1.807) is 0 Å². The van der Waals surface area contributed by atoms with E-state index in [1.807, 2.05) is 0 Å². The molecule has 0 aliphatic heterocycles. The molecule has 0 amide bonds. The highest BCUT2D eigenvalue weighted by atomic mass is 32.1. The molecule has 3 nitrogen and oxygen atoms in total. The van der Waals surface area contributed by atoms with Crippen LogP contribution >= 0.6 is 11.5 Å². The van der Waals surface area contributed by atoms with Crippen LogP contribution < -0.4 is 0 Å². The zero-order valence-corrected chi connectivity index (χ0v) is 12.6. The second kappa shape index (κ2) is 8.35. The summed E-state index contributed by atoms with van der Waals surface area (Å²) in [5.74, 6) is 0.769. The van der Waals surface area contributed by atoms with E-state index < -0.39 is 0 Å². The largest absolute Gasteiger partial charge is 0.293 e. The van der Waals surface area contributed by atoms with Crippen LogP contribution in [0.25, 0.3) is 0 Å². The van der Waals surface area contributed by atoms with E-state index in [4.69, 9.17) is 0 Å². The molecule has 0 aliphatic rings. The molecule has 18 heavy (non-hydrogen) atoms. The Bertz CT molecular complexity index is 362. The predicted molar refractivity (Wildman–Crippen MR) is 76.2 cm³/mol. The standard InChI is InChI=1S/C14H24N2OS/c1-4-7-9-11(6-3)10-13(17)14-12(8-5-2)15-16-18-14/h11H,4-10H2,1-3H3. The number of aryl methyl sites for hydroxylation is 1. The monoisotopic (exact) mass is 268 g/mol. The highest BCUT2D eigenvalue weighted by Gasteiger charge is 2.19. The van der Waals surface area contributed by atoms with Gasteiger partial charge >= 0.3 is 0 Å². The quantitative estimate of drug-likeness (QED) is 0.628. The van der Waals surface area contributed by atoms with Crippen molar-refractivity contribution in [2.75, 3.05) is 0 Å². The minimum absolute atomic E-state index is 0.247. The molecule has 1 aromatic heterocycles. The van der Waals surface area contributed by atoms with Gasteiger partial charge in [0.25, 0.3) is 0 Å². The summed E-state index contributed by atoms with van der Waals surface area (Å²) < 4.78 is 3.93. The molecule has 0 radical (unpaired) electrons. The van der Waals surface area contributed by atoms with Crippen LogP contribution in [0.5, 0.6) is 0 Å². The Labute approximate surface area is 114 Å². The number of hydrogen-bond acceptors (Lipinski definition) is 4. The Balaban J connectivity index is 2.59. The summed E-state index contributed by atoms with van der Waals surface area (Å²) in [6, 6.07) is 0. The first-order valence-corrected chi connectivity index (χ1v) is 7.84. The lowest BCUT2D eigenvalue weighted by Gasteiger charge is -2.12. The highest BCUT2D eigenvalue weighted by Crippen LogP contribution is 2.22. The van der Waals surface area contributed by atoms with Crippen molar-refractivity contribution in [2.24, 2.45) is 5.92 Å². The molecule has 0 bridgehead atoms. The number of carbonyl (C=O) groups excluding carboxylic acids is 1. The molecule has 0 saturated carbocycles. The Morgan fingerprint density at radius 1 is 1.28 bits per heavy atom. The Kier molecular flexibility index (Phi) is 7.09. The van der Waals surface area contributed by atoms with Crippen LogP contribution in [0, 0.1) is 5.92 Å². The van der Waals surface area contributed by atoms with E-state index >= 15 is 0 Å². The number of hydrogen-bond donors (Lipinski definition) is 0. The van der Waals surface area contributed by atoms with Crippen LogP contribution in [-0.4, -0.2) is 15.4 Å². The number of nitrogens with zero attached hydrogens (tertiary/aromatic N) is 2. The van der Waals surface area contributed by atoms with Crippen molar-refractivity contribution in [3.63, 3.8) is 0 Å². The molecule has 0 spiro atoms. The fourth-order valence-corrected chi connectivity index (χ4v) is 2.77. The van der Waals surface area contributed by atoms with Crippen molar-refractivity contribution in [3.8, 4) is 0 Å². The van der Waals surface area contributed by atoms with Crippen molar-refractivity contribution in [1.29, 1.82) is 0 Å². The fraction of sp³-hybridized carbons (Fsp3) is 0.786. The molecule has 4 heteroatoms. The number of ketones is 1. The molecular formula is C14H24N2OS. The second-order valence-electron chi connectivity index (χ2n) is 4.84. The van der Waals surface area contributed by atoms with Crippen LogP contribution in [-0.2, 0) is 6.42 Å². The molecule has 1 heterocycles. The van der Waals surface area contributed by atoms with Gasteiger partial charge in [0.2, 0.25) is 0 Å². The van der Waals surface area contributed by atoms with E-state index in [0.717, 1.165) is 36.3 Å². The Hall–Kier alpha value is -0.770. The average molecular weight is 268 g/mol. The smallest absolute Gasteiger partial charge is 0.176 e. The predicted octanol–water partition coefficient (Wildman–Crippen LogP) is 4.28. The molecule has 0 saturated heterocycles. The van der Waals surface area contributed by atoms with Crippen LogP contribution in [0.3, 0.4) is 0 Å². The molecule has 1 rings (SSSR count). The lowest BCUT2D eigenvalue weighted by molar-refractivity contribution is 0.0960. The second-order valence-corrected chi connectivity index (χ2v) is 5.60. The topological polar surface area (TPSA) is 42.9 Å². The number of carbonyl (C=O) groups is 1. The minimum Gasteiger partial charge on any atom is -0.293 e. The van der Waals surface area contributed by atoms with Crippen molar-refractivity contribution in [2.45, 2.75) is 65.7 Å². The summed E-state index contributed by atoms with van der Waals surface area (Å²) in [6.07, 6.45) is 7.21. The van der Waals surface area contributed by atoms with E-state index in [0.29, 0.717) is 12.3 Å². The lowest BCUT2D eigenvalue weighted by Crippen LogP contribution is -2.09. The van der Waals surface area contributed by atoms with Crippen molar-refractivity contribution < 1.29 is 4.79 Å². The normalized spacial score (nSPS) is 12.6. The first-order valence-electron chi connectivity index (χ1n) is 7.07. The number of aromatic nitrogens is 2. The zero-order chi connectivity index (χ0) is 13.4. The SMILES string of the molecule is CCCCC(CC)CC(=O)c1snnc1CCC. The Morgan fingerprint density at radius 2 is 2.06 bits per heavy atom. The van der Waals surface area contributed by atoms with Crippen molar-refractivity contribution in [3.05, 3.63) is 10.6 Å². The third-order valence-corrected chi connectivity index (χ3v) is 4.12. The minimum atomic E-state index is 0.247. The first-order chi connectivity index (χ1) is 8.72. The van der Waals surface area contributed by atoms with Gasteiger partial charge in [-0.3, -0.25) is 4.79 Å². The van der Waals surface area contributed by atoms with E-state index in [2.05, 4.69) is 30.4 Å². The molecule has 0 fully saturated rings. The molecule has 0 aromatic carbocycles. The third kappa shape index (κ3) is 4.48. The van der Waals surface area contributed by atoms with E-state index in [9.17, 15) is 4.79 Å². The number of rotatable bonds is 9. The maximum Gasteiger partial charge on any atom is 0.176 e. The van der Waals surface area contributed by atoms with Crippen LogP contribution in [0.15, 0.2) is 0 Å². The molecular weight excluding hydrogens is 244 g/mol. The third-order valence-electron chi connectivity index (χ3n) is 3.31. The summed E-state index contributed by atoms with van der Waals surface area (Å²) >= 11 is 1.26. The molecule has 102 valence electrons. The zero-order valence-electron chi connectivity index (χ0n) is 11.7. The van der Waals surface area contributed by atoms with Crippen LogP contribution in [0.4, 0.5) is 0 Å². The van der Waals surface area contributed by atoms with Gasteiger partial charge in [0.05, 0.1) is 5.69 Å². The fourth-order valence-electron chi connectivity index (χ4n) is 2.12. The van der Waals surface area contributed by atoms with Gasteiger partial charge in [0, 0.05) is 6.42 Å². The molecule has 1 atom stereocenters. The highest BCUT2D eigenvalue weighted by molar-refractivity contribution is 7.08. The van der Waals surface area contributed by atoms with Gasteiger partial charge in [-0.25, -0.2) is 0 Å². The first kappa shape index (κ1) is 15.3. The summed E-state index contributed by atoms with van der Waals surface area (Å²) in [5.41, 5.74) is 0.901. The van der Waals surface area contributed by atoms with Crippen molar-refractivity contribution >= 4 is 17.3 Å². The maximum absolute atomic E-state index is 12.3. The van der Waals surface area contributed by atoms with Gasteiger partial charge in [-0.2, -0.15) is 0 Å². The number of Topliss-reactive ketones (excluding diaryl/α,β-unsaturated/α-hetero) is 1. The van der Waals surface area contributed by atoms with Gasteiger partial charge in [-0.15, -0.1) is 5.10 Å². The summed E-state index contributed by atoms with van der Waals surface area (Å²) in [5, 5.41) is 4.07. The van der Waals surface area contributed by atoms with E-state index in [-0.39, 0.29) is 5.78 Å². The number of unbranched alkanes of at least 4 members (excludes halogenated alkanes) is 1. The molecule has 0 N–H and O–H groups in total. The van der Waals surface area contributed by atoms with Gasteiger partial charge in [-0.1, -0.05) is 57.4 Å². The van der Waals surface area contributed by atoms with Gasteiger partial charge in [0.15, 0.2) is 5.78 Å². The summed E-state index contributed by atoms with van der Waals surface area (Å²) in [6.45, 7) is 6.47. The molecule has 1 aromatic rings. The van der Waals surface area contributed by atoms with E-state index in [1.165, 1.54) is 24.4 Å². The van der Waals surface area contributed by atoms with Gasteiger partial charge in [0.1, 0.15) is 4.88 Å². The lowest BCUT2D eigenvalue weighted by atomic mass is 9.93.